The summed E-state index contributed by atoms with van der Waals surface area (Å²) in [5, 5.41) is 3.61. The fraction of sp³-hybridized carbons (Fsp3) is 0.318. The molecule has 0 saturated carbocycles. The Morgan fingerprint density at radius 3 is 2.69 bits per heavy atom. The molecule has 1 aromatic heterocycles. The Hall–Kier alpha value is -2.93. The van der Waals surface area contributed by atoms with Crippen LogP contribution >= 0.6 is 11.3 Å². The van der Waals surface area contributed by atoms with Crippen LogP contribution in [0.3, 0.4) is 0 Å². The van der Waals surface area contributed by atoms with Crippen molar-refractivity contribution in [3.8, 4) is 5.75 Å². The van der Waals surface area contributed by atoms with Gasteiger partial charge in [0.2, 0.25) is 11.8 Å². The Labute approximate surface area is 173 Å². The summed E-state index contributed by atoms with van der Waals surface area (Å²) in [6, 6.07) is 16.9. The fourth-order valence-corrected chi connectivity index (χ4v) is 4.62. The van der Waals surface area contributed by atoms with E-state index in [9.17, 15) is 9.59 Å². The van der Waals surface area contributed by atoms with E-state index in [-0.39, 0.29) is 17.9 Å². The zero-order chi connectivity index (χ0) is 20.2. The first-order chi connectivity index (χ1) is 14.1. The van der Waals surface area contributed by atoms with E-state index in [4.69, 9.17) is 4.74 Å². The third-order valence-corrected chi connectivity index (χ3v) is 6.17. The molecule has 2 amide bonds. The number of carbonyl (C=O) groups excluding carboxylic acids is 2. The monoisotopic (exact) mass is 409 g/mol. The normalized spacial score (nSPS) is 18.7. The number of para-hydroxylation sites is 2. The molecule has 7 heteroatoms. The molecule has 6 nitrogen and oxygen atoms in total. The Bertz CT molecular complexity index is 972. The number of likely N-dealkylation sites (N-methyl/N-ethyl adjacent to an activating group) is 1. The van der Waals surface area contributed by atoms with E-state index in [2.05, 4.69) is 10.3 Å². The van der Waals surface area contributed by atoms with Gasteiger partial charge in [0.15, 0.2) is 0 Å². The number of hydrogen-bond donors (Lipinski definition) is 1. The van der Waals surface area contributed by atoms with Crippen LogP contribution in [0.25, 0.3) is 10.2 Å². The molecule has 0 bridgehead atoms. The summed E-state index contributed by atoms with van der Waals surface area (Å²) in [6.07, 6.45) is 1.18. The lowest BCUT2D eigenvalue weighted by atomic mass is 10.1. The highest BCUT2D eigenvalue weighted by molar-refractivity contribution is 7.18. The molecule has 2 atom stereocenters. The van der Waals surface area contributed by atoms with Crippen molar-refractivity contribution in [2.45, 2.75) is 31.4 Å². The number of carbonyl (C=O) groups is 2. The molecule has 0 radical (unpaired) electrons. The molecule has 4 rings (SSSR count). The van der Waals surface area contributed by atoms with Crippen molar-refractivity contribution < 1.29 is 14.3 Å². The molecule has 1 saturated heterocycles. The molecule has 150 valence electrons. The van der Waals surface area contributed by atoms with Gasteiger partial charge < -0.3 is 15.0 Å². The van der Waals surface area contributed by atoms with E-state index in [1.165, 1.54) is 0 Å². The maximum atomic E-state index is 12.9. The lowest BCUT2D eigenvalue weighted by Crippen LogP contribution is -2.45. The van der Waals surface area contributed by atoms with E-state index >= 15 is 0 Å². The topological polar surface area (TPSA) is 71.5 Å². The van der Waals surface area contributed by atoms with Gasteiger partial charge in [0.05, 0.1) is 21.8 Å². The number of fused-ring (bicyclic) bond motifs is 1. The van der Waals surface area contributed by atoms with Gasteiger partial charge in [-0.25, -0.2) is 4.98 Å². The number of nitrogens with zero attached hydrogens (tertiary/aromatic N) is 2. The minimum Gasteiger partial charge on any atom is -0.488 e. The second-order valence-corrected chi connectivity index (χ2v) is 8.16. The van der Waals surface area contributed by atoms with Gasteiger partial charge in [-0.05, 0) is 24.3 Å². The van der Waals surface area contributed by atoms with Crippen LogP contribution in [0.15, 0.2) is 54.6 Å². The second-order valence-electron chi connectivity index (χ2n) is 7.04. The highest BCUT2D eigenvalue weighted by atomic mass is 32.1. The van der Waals surface area contributed by atoms with E-state index < -0.39 is 6.04 Å². The summed E-state index contributed by atoms with van der Waals surface area (Å²) in [5.41, 5.74) is 0.959. The van der Waals surface area contributed by atoms with Gasteiger partial charge >= 0.3 is 0 Å². The molecule has 0 aliphatic carbocycles. The van der Waals surface area contributed by atoms with Crippen molar-refractivity contribution >= 4 is 33.4 Å². The molecule has 0 spiro atoms. The zero-order valence-corrected chi connectivity index (χ0v) is 17.0. The first-order valence-corrected chi connectivity index (χ1v) is 10.5. The van der Waals surface area contributed by atoms with Crippen LogP contribution in [-0.2, 0) is 16.0 Å². The average molecular weight is 410 g/mol. The molecular formula is C22H23N3O3S. The fourth-order valence-electron chi connectivity index (χ4n) is 3.65. The zero-order valence-electron chi connectivity index (χ0n) is 16.2. The first kappa shape index (κ1) is 19.4. The smallest absolute Gasteiger partial charge is 0.242 e. The first-order valence-electron chi connectivity index (χ1n) is 9.71. The third kappa shape index (κ3) is 4.40. The molecule has 3 aromatic rings. The SMILES string of the molecule is CNC(=O)[C@H]1C[C@H](Oc2ccccc2)CN1C(=O)CCc1nc2ccccc2s1. The van der Waals surface area contributed by atoms with Crippen molar-refractivity contribution in [1.82, 2.24) is 15.2 Å². The molecule has 1 N–H and O–H groups in total. The number of thiazole rings is 1. The van der Waals surface area contributed by atoms with Crippen molar-refractivity contribution in [2.75, 3.05) is 13.6 Å². The minimum atomic E-state index is -0.503. The van der Waals surface area contributed by atoms with E-state index in [1.807, 2.05) is 54.6 Å². The number of hydrogen-bond acceptors (Lipinski definition) is 5. The quantitative estimate of drug-likeness (QED) is 0.679. The number of aromatic nitrogens is 1. The minimum absolute atomic E-state index is 0.0444. The molecule has 0 unspecified atom stereocenters. The number of aryl methyl sites for hydroxylation is 1. The summed E-state index contributed by atoms with van der Waals surface area (Å²) in [4.78, 5) is 31.5. The van der Waals surface area contributed by atoms with Crippen molar-refractivity contribution in [3.05, 3.63) is 59.6 Å². The average Bonchev–Trinajstić information content (AvgIpc) is 3.36. The molecule has 1 aliphatic rings. The van der Waals surface area contributed by atoms with Crippen molar-refractivity contribution in [1.29, 1.82) is 0 Å². The highest BCUT2D eigenvalue weighted by Crippen LogP contribution is 2.26. The van der Waals surface area contributed by atoms with Crippen LogP contribution in [0.4, 0.5) is 0 Å². The van der Waals surface area contributed by atoms with Crippen molar-refractivity contribution in [3.63, 3.8) is 0 Å². The standard InChI is InChI=1S/C22H23N3O3S/c1-23-22(27)18-13-16(28-15-7-3-2-4-8-15)14-25(18)21(26)12-11-20-24-17-9-5-6-10-19(17)29-20/h2-10,16,18H,11-14H2,1H3,(H,23,27)/t16-,18+/m0/s1. The van der Waals surface area contributed by atoms with Crippen LogP contribution < -0.4 is 10.1 Å². The molecule has 2 aromatic carbocycles. The maximum Gasteiger partial charge on any atom is 0.242 e. The number of benzene rings is 2. The number of likely N-dealkylation sites (tertiary alicyclic amines) is 1. The van der Waals surface area contributed by atoms with E-state index in [0.717, 1.165) is 21.0 Å². The number of rotatable bonds is 6. The van der Waals surface area contributed by atoms with Gasteiger partial charge in [0.1, 0.15) is 17.9 Å². The van der Waals surface area contributed by atoms with Gasteiger partial charge in [0.25, 0.3) is 0 Å². The van der Waals surface area contributed by atoms with Gasteiger partial charge in [-0.15, -0.1) is 11.3 Å². The highest BCUT2D eigenvalue weighted by Gasteiger charge is 2.40. The number of amides is 2. The van der Waals surface area contributed by atoms with Crippen LogP contribution in [-0.4, -0.2) is 47.4 Å². The molecule has 1 fully saturated rings. The summed E-state index contributed by atoms with van der Waals surface area (Å²) in [5.74, 6) is 0.548. The largest absolute Gasteiger partial charge is 0.488 e. The van der Waals surface area contributed by atoms with Gasteiger partial charge in [0, 0.05) is 26.3 Å². The van der Waals surface area contributed by atoms with Gasteiger partial charge in [-0.1, -0.05) is 30.3 Å². The summed E-state index contributed by atoms with van der Waals surface area (Å²) in [7, 11) is 1.59. The lowest BCUT2D eigenvalue weighted by molar-refractivity contribution is -0.138. The van der Waals surface area contributed by atoms with Crippen LogP contribution in [0.2, 0.25) is 0 Å². The van der Waals surface area contributed by atoms with Crippen LogP contribution in [0.1, 0.15) is 17.8 Å². The third-order valence-electron chi connectivity index (χ3n) is 5.07. The van der Waals surface area contributed by atoms with Gasteiger partial charge in [-0.2, -0.15) is 0 Å². The Balaban J connectivity index is 1.42. The molecule has 1 aliphatic heterocycles. The Kier molecular flexibility index (Phi) is 5.76. The summed E-state index contributed by atoms with van der Waals surface area (Å²) < 4.78 is 7.12. The van der Waals surface area contributed by atoms with Gasteiger partial charge in [-0.3, -0.25) is 9.59 Å². The van der Waals surface area contributed by atoms with E-state index in [1.54, 1.807) is 23.3 Å². The second kappa shape index (κ2) is 8.61. The predicted molar refractivity (Wildman–Crippen MR) is 113 cm³/mol. The molecule has 29 heavy (non-hydrogen) atoms. The van der Waals surface area contributed by atoms with Crippen LogP contribution in [0, 0.1) is 0 Å². The summed E-state index contributed by atoms with van der Waals surface area (Å²) >= 11 is 1.61. The van der Waals surface area contributed by atoms with Crippen molar-refractivity contribution in [2.24, 2.45) is 0 Å². The lowest BCUT2D eigenvalue weighted by Gasteiger charge is -2.22. The van der Waals surface area contributed by atoms with E-state index in [0.29, 0.717) is 25.8 Å². The summed E-state index contributed by atoms with van der Waals surface area (Å²) in [6.45, 7) is 0.408. The predicted octanol–water partition coefficient (Wildman–Crippen LogP) is 3.02. The Morgan fingerprint density at radius 2 is 1.93 bits per heavy atom. The molecular weight excluding hydrogens is 386 g/mol. The van der Waals surface area contributed by atoms with Crippen LogP contribution in [0.5, 0.6) is 5.75 Å². The molecule has 2 heterocycles. The Morgan fingerprint density at radius 1 is 1.17 bits per heavy atom. The maximum absolute atomic E-state index is 12.9. The number of nitrogens with one attached hydrogen (secondary N) is 1. The number of ether oxygens (including phenoxy) is 1.